The van der Waals surface area contributed by atoms with E-state index in [1.165, 1.54) is 37.7 Å². The molecule has 3 rings (SSSR count). The van der Waals surface area contributed by atoms with E-state index in [1.54, 1.807) is 0 Å². The van der Waals surface area contributed by atoms with Crippen LogP contribution in [0.3, 0.4) is 0 Å². The maximum atomic E-state index is 12.5. The lowest BCUT2D eigenvalue weighted by Gasteiger charge is -2.26. The number of benzene rings is 1. The van der Waals surface area contributed by atoms with Crippen LogP contribution in [0, 0.1) is 11.8 Å². The van der Waals surface area contributed by atoms with E-state index in [1.807, 2.05) is 6.07 Å². The highest BCUT2D eigenvalue weighted by atomic mass is 16.1. The van der Waals surface area contributed by atoms with E-state index in [0.29, 0.717) is 11.7 Å². The number of hydrogen-bond acceptors (Lipinski definition) is 1. The van der Waals surface area contributed by atoms with Gasteiger partial charge in [-0.25, -0.2) is 0 Å². The van der Waals surface area contributed by atoms with E-state index in [4.69, 9.17) is 0 Å². The van der Waals surface area contributed by atoms with Crippen molar-refractivity contribution in [3.8, 4) is 0 Å². The van der Waals surface area contributed by atoms with Crippen molar-refractivity contribution in [2.24, 2.45) is 11.8 Å². The Kier molecular flexibility index (Phi) is 3.23. The molecule has 0 bridgehead atoms. The summed E-state index contributed by atoms with van der Waals surface area (Å²) in [6.07, 6.45) is 7.49. The van der Waals surface area contributed by atoms with E-state index >= 15 is 0 Å². The first-order valence-electron chi connectivity index (χ1n) is 7.40. The lowest BCUT2D eigenvalue weighted by Crippen LogP contribution is -2.18. The Labute approximate surface area is 110 Å². The smallest absolute Gasteiger partial charge is 0.166 e. The molecule has 2 saturated carbocycles. The molecule has 18 heavy (non-hydrogen) atoms. The third-order valence-corrected chi connectivity index (χ3v) is 4.95. The molecule has 0 N–H and O–H groups in total. The molecule has 96 valence electrons. The second kappa shape index (κ2) is 4.87. The van der Waals surface area contributed by atoms with Gasteiger partial charge in [-0.05, 0) is 49.1 Å². The Hall–Kier alpha value is -1.11. The van der Waals surface area contributed by atoms with Crippen LogP contribution in [0.15, 0.2) is 24.3 Å². The van der Waals surface area contributed by atoms with Gasteiger partial charge in [0.05, 0.1) is 0 Å². The molecule has 0 spiro atoms. The van der Waals surface area contributed by atoms with E-state index in [-0.39, 0.29) is 5.92 Å². The van der Waals surface area contributed by atoms with Crippen molar-refractivity contribution in [1.29, 1.82) is 0 Å². The summed E-state index contributed by atoms with van der Waals surface area (Å²) in [5.41, 5.74) is 2.34. The summed E-state index contributed by atoms with van der Waals surface area (Å²) in [5.74, 6) is 1.96. The number of carbonyl (C=O) groups excluding carboxylic acids is 1. The molecular weight excluding hydrogens is 220 g/mol. The summed E-state index contributed by atoms with van der Waals surface area (Å²) in [5, 5.41) is 0. The van der Waals surface area contributed by atoms with Gasteiger partial charge in [-0.2, -0.15) is 0 Å². The average Bonchev–Trinajstić information content (AvgIpc) is 2.73. The highest BCUT2D eigenvalue weighted by Crippen LogP contribution is 2.38. The van der Waals surface area contributed by atoms with E-state index in [0.717, 1.165) is 17.9 Å². The van der Waals surface area contributed by atoms with E-state index in [2.05, 4.69) is 25.1 Å². The molecule has 0 amide bonds. The Balaban J connectivity index is 1.80. The third kappa shape index (κ3) is 2.11. The van der Waals surface area contributed by atoms with Crippen molar-refractivity contribution < 1.29 is 4.79 Å². The van der Waals surface area contributed by atoms with Gasteiger partial charge in [0.15, 0.2) is 5.78 Å². The number of hydrogen-bond donors (Lipinski definition) is 0. The molecule has 1 aromatic carbocycles. The van der Waals surface area contributed by atoms with Crippen molar-refractivity contribution in [2.45, 2.75) is 51.4 Å². The highest BCUT2D eigenvalue weighted by molar-refractivity contribution is 5.98. The van der Waals surface area contributed by atoms with Gasteiger partial charge in [-0.3, -0.25) is 4.79 Å². The zero-order valence-corrected chi connectivity index (χ0v) is 11.2. The Morgan fingerprint density at radius 1 is 1.11 bits per heavy atom. The molecular formula is C17H22O. The third-order valence-electron chi connectivity index (χ3n) is 4.95. The molecule has 2 fully saturated rings. The van der Waals surface area contributed by atoms with Gasteiger partial charge in [0, 0.05) is 11.5 Å². The molecule has 0 radical (unpaired) electrons. The topological polar surface area (TPSA) is 17.1 Å². The summed E-state index contributed by atoms with van der Waals surface area (Å²) >= 11 is 0. The monoisotopic (exact) mass is 242 g/mol. The normalized spacial score (nSPS) is 28.1. The molecule has 0 heterocycles. The molecule has 0 aliphatic heterocycles. The zero-order valence-electron chi connectivity index (χ0n) is 11.2. The van der Waals surface area contributed by atoms with Crippen molar-refractivity contribution in [1.82, 2.24) is 0 Å². The lowest BCUT2D eigenvalue weighted by atomic mass is 9.79. The lowest BCUT2D eigenvalue weighted by molar-refractivity contribution is 0.0897. The zero-order chi connectivity index (χ0) is 12.5. The fraction of sp³-hybridized carbons (Fsp3) is 0.588. The van der Waals surface area contributed by atoms with Crippen LogP contribution in [0.5, 0.6) is 0 Å². The van der Waals surface area contributed by atoms with Gasteiger partial charge >= 0.3 is 0 Å². The molecule has 2 aliphatic carbocycles. The minimum Gasteiger partial charge on any atom is -0.294 e. The Morgan fingerprint density at radius 2 is 1.89 bits per heavy atom. The Bertz CT molecular complexity index is 445. The maximum Gasteiger partial charge on any atom is 0.166 e. The second-order valence-corrected chi connectivity index (χ2v) is 6.13. The fourth-order valence-electron chi connectivity index (χ4n) is 3.44. The predicted molar refractivity (Wildman–Crippen MR) is 73.9 cm³/mol. The van der Waals surface area contributed by atoms with Gasteiger partial charge < -0.3 is 0 Å². The SMILES string of the molecule is CC1CCCC1C(=O)c1cccc(C2CCC2)c1. The molecule has 2 unspecified atom stereocenters. The van der Waals surface area contributed by atoms with Crippen LogP contribution in [0.4, 0.5) is 0 Å². The quantitative estimate of drug-likeness (QED) is 0.709. The first-order chi connectivity index (χ1) is 8.75. The minimum atomic E-state index is 0.279. The van der Waals surface area contributed by atoms with Gasteiger partial charge in [0.1, 0.15) is 0 Å². The first-order valence-corrected chi connectivity index (χ1v) is 7.40. The molecule has 2 atom stereocenters. The molecule has 2 aliphatic rings. The van der Waals surface area contributed by atoms with Crippen LogP contribution in [-0.4, -0.2) is 5.78 Å². The molecule has 1 aromatic rings. The highest BCUT2D eigenvalue weighted by Gasteiger charge is 2.30. The predicted octanol–water partition coefficient (Wildman–Crippen LogP) is 4.57. The Morgan fingerprint density at radius 3 is 2.50 bits per heavy atom. The minimum absolute atomic E-state index is 0.279. The summed E-state index contributed by atoms with van der Waals surface area (Å²) in [7, 11) is 0. The number of Topliss-reactive ketones (excluding diaryl/α,β-unsaturated/α-hetero) is 1. The fourth-order valence-corrected chi connectivity index (χ4v) is 3.44. The van der Waals surface area contributed by atoms with Gasteiger partial charge in [-0.1, -0.05) is 38.0 Å². The standard InChI is InChI=1S/C17H22O/c1-12-5-2-10-16(12)17(18)15-9-4-8-14(11-15)13-6-3-7-13/h4,8-9,11-13,16H,2-3,5-7,10H2,1H3. The van der Waals surface area contributed by atoms with Gasteiger partial charge in [-0.15, -0.1) is 0 Å². The van der Waals surface area contributed by atoms with Crippen LogP contribution in [0.1, 0.15) is 67.3 Å². The second-order valence-electron chi connectivity index (χ2n) is 6.13. The first kappa shape index (κ1) is 12.0. The van der Waals surface area contributed by atoms with Gasteiger partial charge in [0.25, 0.3) is 0 Å². The van der Waals surface area contributed by atoms with Crippen LogP contribution >= 0.6 is 0 Å². The molecule has 0 saturated heterocycles. The van der Waals surface area contributed by atoms with E-state index in [9.17, 15) is 4.79 Å². The largest absolute Gasteiger partial charge is 0.294 e. The van der Waals surface area contributed by atoms with Crippen molar-refractivity contribution in [3.63, 3.8) is 0 Å². The summed E-state index contributed by atoms with van der Waals surface area (Å²) in [4.78, 5) is 12.5. The molecule has 1 heteroatoms. The van der Waals surface area contributed by atoms with Crippen LogP contribution in [-0.2, 0) is 0 Å². The van der Waals surface area contributed by atoms with Gasteiger partial charge in [0.2, 0.25) is 0 Å². The number of rotatable bonds is 3. The van der Waals surface area contributed by atoms with Crippen LogP contribution in [0.25, 0.3) is 0 Å². The number of carbonyl (C=O) groups is 1. The molecule has 0 aromatic heterocycles. The summed E-state index contributed by atoms with van der Waals surface area (Å²) in [6, 6.07) is 8.44. The summed E-state index contributed by atoms with van der Waals surface area (Å²) in [6.45, 7) is 2.23. The number of ketones is 1. The van der Waals surface area contributed by atoms with Crippen molar-refractivity contribution >= 4 is 5.78 Å². The maximum absolute atomic E-state index is 12.5. The van der Waals surface area contributed by atoms with Crippen LogP contribution in [0.2, 0.25) is 0 Å². The average molecular weight is 242 g/mol. The van der Waals surface area contributed by atoms with Crippen molar-refractivity contribution in [3.05, 3.63) is 35.4 Å². The summed E-state index contributed by atoms with van der Waals surface area (Å²) < 4.78 is 0. The van der Waals surface area contributed by atoms with Crippen LogP contribution < -0.4 is 0 Å². The van der Waals surface area contributed by atoms with E-state index < -0.39 is 0 Å². The van der Waals surface area contributed by atoms with Crippen molar-refractivity contribution in [2.75, 3.05) is 0 Å². The molecule has 1 nitrogen and oxygen atoms in total.